The van der Waals surface area contributed by atoms with Crippen LogP contribution in [0.3, 0.4) is 0 Å². The molecule has 8 nitrogen and oxygen atoms in total. The molecule has 1 aromatic heterocycles. The van der Waals surface area contributed by atoms with Gasteiger partial charge in [0.1, 0.15) is 0 Å². The summed E-state index contributed by atoms with van der Waals surface area (Å²) in [6.45, 7) is 3.88. The Hall–Kier alpha value is -2.90. The Kier molecular flexibility index (Phi) is 5.07. The summed E-state index contributed by atoms with van der Waals surface area (Å²) in [7, 11) is 1.59. The van der Waals surface area contributed by atoms with E-state index in [-0.39, 0.29) is 11.9 Å². The molecule has 0 aliphatic rings. The minimum atomic E-state index is -0.544. The molecule has 2 aromatic rings. The smallest absolute Gasteiger partial charge is 0.363 e. The lowest BCUT2D eigenvalue weighted by atomic mass is 10.2. The van der Waals surface area contributed by atoms with Gasteiger partial charge in [0.05, 0.1) is 25.6 Å². The van der Waals surface area contributed by atoms with Crippen LogP contribution in [-0.2, 0) is 0 Å². The third-order valence-electron chi connectivity index (χ3n) is 2.51. The maximum atomic E-state index is 11.0. The number of aromatic amines is 1. The van der Waals surface area contributed by atoms with Gasteiger partial charge in [0, 0.05) is 0 Å². The van der Waals surface area contributed by atoms with Gasteiger partial charge in [-0.1, -0.05) is 0 Å². The van der Waals surface area contributed by atoms with Crippen molar-refractivity contribution in [3.8, 4) is 11.5 Å². The lowest BCUT2D eigenvalue weighted by molar-refractivity contribution is 0.230. The summed E-state index contributed by atoms with van der Waals surface area (Å²) in [5.41, 5.74) is 2.89. The third kappa shape index (κ3) is 4.30. The largest absolute Gasteiger partial charge is 0.493 e. The van der Waals surface area contributed by atoms with Gasteiger partial charge in [-0.05, 0) is 37.6 Å². The van der Waals surface area contributed by atoms with Crippen molar-refractivity contribution in [1.29, 1.82) is 0 Å². The van der Waals surface area contributed by atoms with Crippen molar-refractivity contribution < 1.29 is 9.47 Å². The van der Waals surface area contributed by atoms with E-state index in [1.807, 2.05) is 26.0 Å². The molecule has 0 bridgehead atoms. The summed E-state index contributed by atoms with van der Waals surface area (Å²) in [6.07, 6.45) is 2.97. The fourth-order valence-corrected chi connectivity index (χ4v) is 1.66. The van der Waals surface area contributed by atoms with Gasteiger partial charge in [-0.25, -0.2) is 9.89 Å². The average Bonchev–Trinajstić information content (AvgIpc) is 2.47. The van der Waals surface area contributed by atoms with E-state index in [1.54, 1.807) is 19.4 Å². The number of benzene rings is 1. The van der Waals surface area contributed by atoms with E-state index in [4.69, 9.17) is 9.47 Å². The molecule has 0 saturated heterocycles. The topological polar surface area (TPSA) is 101 Å². The van der Waals surface area contributed by atoms with Crippen LogP contribution in [0.4, 0.5) is 5.82 Å². The third-order valence-corrected chi connectivity index (χ3v) is 2.51. The zero-order valence-electron chi connectivity index (χ0n) is 12.5. The predicted octanol–water partition coefficient (Wildman–Crippen LogP) is 1.41. The van der Waals surface area contributed by atoms with Crippen molar-refractivity contribution in [3.63, 3.8) is 0 Å². The van der Waals surface area contributed by atoms with E-state index >= 15 is 0 Å². The van der Waals surface area contributed by atoms with Crippen LogP contribution in [-0.4, -0.2) is 34.6 Å². The van der Waals surface area contributed by atoms with Crippen LogP contribution < -0.4 is 20.6 Å². The molecule has 0 unspecified atom stereocenters. The number of hydrazone groups is 1. The van der Waals surface area contributed by atoms with Gasteiger partial charge in [0.2, 0.25) is 0 Å². The first kappa shape index (κ1) is 15.5. The highest BCUT2D eigenvalue weighted by molar-refractivity contribution is 5.81. The van der Waals surface area contributed by atoms with Gasteiger partial charge in [0.15, 0.2) is 17.3 Å². The first-order valence-corrected chi connectivity index (χ1v) is 6.64. The fraction of sp³-hybridized carbons (Fsp3) is 0.286. The van der Waals surface area contributed by atoms with Crippen molar-refractivity contribution in [2.45, 2.75) is 20.0 Å². The van der Waals surface area contributed by atoms with Crippen LogP contribution in [0.25, 0.3) is 0 Å². The molecule has 2 rings (SSSR count). The molecule has 0 saturated carbocycles. The molecule has 116 valence electrons. The molecule has 1 aromatic carbocycles. The number of rotatable bonds is 6. The van der Waals surface area contributed by atoms with E-state index in [2.05, 4.69) is 25.7 Å². The van der Waals surface area contributed by atoms with Gasteiger partial charge in [0.25, 0.3) is 0 Å². The number of nitrogens with one attached hydrogen (secondary N) is 2. The van der Waals surface area contributed by atoms with E-state index in [1.165, 1.54) is 6.20 Å². The second-order valence-corrected chi connectivity index (χ2v) is 4.62. The van der Waals surface area contributed by atoms with Gasteiger partial charge < -0.3 is 9.47 Å². The minimum Gasteiger partial charge on any atom is -0.493 e. The molecule has 22 heavy (non-hydrogen) atoms. The van der Waals surface area contributed by atoms with Gasteiger partial charge in [-0.3, -0.25) is 5.43 Å². The predicted molar refractivity (Wildman–Crippen MR) is 82.6 cm³/mol. The average molecular weight is 303 g/mol. The molecule has 0 fully saturated rings. The standard InChI is InChI=1S/C14H17N5O3/c1-9(2)22-12-6-10(4-5-11(12)21-3)7-15-18-13-8-16-19-14(20)17-13/h4-9H,1-3H3,(H2,17,18,19,20)/b15-7+. The summed E-state index contributed by atoms with van der Waals surface area (Å²) >= 11 is 0. The highest BCUT2D eigenvalue weighted by Crippen LogP contribution is 2.28. The molecule has 0 atom stereocenters. The summed E-state index contributed by atoms with van der Waals surface area (Å²) < 4.78 is 10.9. The molecule has 0 amide bonds. The first-order chi connectivity index (χ1) is 10.6. The Morgan fingerprint density at radius 2 is 2.18 bits per heavy atom. The summed E-state index contributed by atoms with van der Waals surface area (Å²) in [5.74, 6) is 1.55. The number of ether oxygens (including phenoxy) is 2. The van der Waals surface area contributed by atoms with Crippen molar-refractivity contribution in [1.82, 2.24) is 15.2 Å². The second-order valence-electron chi connectivity index (χ2n) is 4.62. The van der Waals surface area contributed by atoms with E-state index < -0.39 is 5.69 Å². The van der Waals surface area contributed by atoms with Crippen LogP contribution in [0.15, 0.2) is 34.3 Å². The Morgan fingerprint density at radius 3 is 2.86 bits per heavy atom. The van der Waals surface area contributed by atoms with Crippen LogP contribution in [0.1, 0.15) is 19.4 Å². The molecule has 0 aliphatic carbocycles. The van der Waals surface area contributed by atoms with Crippen molar-refractivity contribution in [2.24, 2.45) is 5.10 Å². The van der Waals surface area contributed by atoms with E-state index in [0.717, 1.165) is 5.56 Å². The van der Waals surface area contributed by atoms with Crippen LogP contribution in [0.2, 0.25) is 0 Å². The molecule has 0 radical (unpaired) electrons. The van der Waals surface area contributed by atoms with Crippen LogP contribution >= 0.6 is 0 Å². The molecule has 8 heteroatoms. The second kappa shape index (κ2) is 7.21. The normalized spacial score (nSPS) is 10.9. The van der Waals surface area contributed by atoms with E-state index in [9.17, 15) is 4.79 Å². The maximum Gasteiger partial charge on any atom is 0.363 e. The molecular formula is C14H17N5O3. The Balaban J connectivity index is 2.12. The molecule has 0 aliphatic heterocycles. The number of hydrogen-bond donors (Lipinski definition) is 2. The quantitative estimate of drug-likeness (QED) is 0.618. The zero-order valence-corrected chi connectivity index (χ0v) is 12.5. The van der Waals surface area contributed by atoms with Gasteiger partial charge >= 0.3 is 5.69 Å². The van der Waals surface area contributed by atoms with Crippen molar-refractivity contribution >= 4 is 12.0 Å². The van der Waals surface area contributed by atoms with Crippen LogP contribution in [0, 0.1) is 0 Å². The number of aromatic nitrogens is 3. The number of hydrogen-bond acceptors (Lipinski definition) is 7. The zero-order chi connectivity index (χ0) is 15.9. The lowest BCUT2D eigenvalue weighted by Crippen LogP contribution is -2.13. The van der Waals surface area contributed by atoms with Gasteiger partial charge in [-0.15, -0.1) is 0 Å². The van der Waals surface area contributed by atoms with Crippen molar-refractivity contribution in [2.75, 3.05) is 12.5 Å². The monoisotopic (exact) mass is 303 g/mol. The van der Waals surface area contributed by atoms with E-state index in [0.29, 0.717) is 11.5 Å². The Bertz CT molecular complexity index is 712. The number of nitrogens with zero attached hydrogens (tertiary/aromatic N) is 3. The fourth-order valence-electron chi connectivity index (χ4n) is 1.66. The highest BCUT2D eigenvalue weighted by Gasteiger charge is 2.06. The molecule has 1 heterocycles. The number of anilines is 1. The summed E-state index contributed by atoms with van der Waals surface area (Å²) in [5, 5.41) is 9.79. The molecule has 0 spiro atoms. The summed E-state index contributed by atoms with van der Waals surface area (Å²) in [6, 6.07) is 5.44. The number of methoxy groups -OCH3 is 1. The molecular weight excluding hydrogens is 286 g/mol. The highest BCUT2D eigenvalue weighted by atomic mass is 16.5. The minimum absolute atomic E-state index is 0.0329. The Morgan fingerprint density at radius 1 is 1.36 bits per heavy atom. The SMILES string of the molecule is COc1ccc(/C=N/Nc2cn[nH]c(=O)n2)cc1OC(C)C. The van der Waals surface area contributed by atoms with Crippen LogP contribution in [0.5, 0.6) is 11.5 Å². The Labute approximate surface area is 127 Å². The van der Waals surface area contributed by atoms with Crippen molar-refractivity contribution in [3.05, 3.63) is 40.4 Å². The molecule has 2 N–H and O–H groups in total. The summed E-state index contributed by atoms with van der Waals surface area (Å²) in [4.78, 5) is 14.6. The maximum absolute atomic E-state index is 11.0. The lowest BCUT2D eigenvalue weighted by Gasteiger charge is -2.13. The first-order valence-electron chi connectivity index (χ1n) is 6.64. The van der Waals surface area contributed by atoms with Gasteiger partial charge in [-0.2, -0.15) is 15.2 Å². The number of H-pyrrole nitrogens is 1.